The summed E-state index contributed by atoms with van der Waals surface area (Å²) in [5.74, 6) is 0.0690. The molecule has 0 bridgehead atoms. The van der Waals surface area contributed by atoms with Gasteiger partial charge in [-0.3, -0.25) is 9.78 Å². The highest BCUT2D eigenvalue weighted by atomic mass is 35.5. The van der Waals surface area contributed by atoms with E-state index in [-0.39, 0.29) is 11.8 Å². The molecule has 5 nitrogen and oxygen atoms in total. The van der Waals surface area contributed by atoms with E-state index in [1.54, 1.807) is 6.20 Å². The van der Waals surface area contributed by atoms with Gasteiger partial charge >= 0.3 is 0 Å². The molecule has 0 radical (unpaired) electrons. The van der Waals surface area contributed by atoms with E-state index in [9.17, 15) is 9.90 Å². The molecule has 1 aromatic carbocycles. The van der Waals surface area contributed by atoms with Gasteiger partial charge in [0.05, 0.1) is 6.10 Å². The smallest absolute Gasteiger partial charge is 0.269 e. The third-order valence-electron chi connectivity index (χ3n) is 4.88. The van der Waals surface area contributed by atoms with Crippen molar-refractivity contribution in [3.63, 3.8) is 0 Å². The van der Waals surface area contributed by atoms with Crippen LogP contribution in [0.3, 0.4) is 0 Å². The maximum absolute atomic E-state index is 12.0. The zero-order chi connectivity index (χ0) is 18.5. The number of amides is 1. The predicted molar refractivity (Wildman–Crippen MR) is 104 cm³/mol. The Hall–Kier alpha value is -2.11. The van der Waals surface area contributed by atoms with Crippen molar-refractivity contribution >= 4 is 23.2 Å². The van der Waals surface area contributed by atoms with E-state index in [2.05, 4.69) is 15.2 Å². The van der Waals surface area contributed by atoms with E-state index in [1.807, 2.05) is 43.3 Å². The van der Waals surface area contributed by atoms with Crippen molar-refractivity contribution in [1.29, 1.82) is 0 Å². The fourth-order valence-corrected chi connectivity index (χ4v) is 3.52. The lowest BCUT2D eigenvalue weighted by Crippen LogP contribution is -2.36. The molecule has 2 aromatic rings. The summed E-state index contributed by atoms with van der Waals surface area (Å²) in [4.78, 5) is 18.4. The van der Waals surface area contributed by atoms with Crippen LogP contribution in [0.15, 0.2) is 42.6 Å². The molecule has 1 atom stereocenters. The van der Waals surface area contributed by atoms with E-state index < -0.39 is 6.10 Å². The van der Waals surface area contributed by atoms with Crippen LogP contribution < -0.4 is 10.2 Å². The summed E-state index contributed by atoms with van der Waals surface area (Å²) in [5.41, 5.74) is 2.35. The first kappa shape index (κ1) is 18.7. The molecule has 2 N–H and O–H groups in total. The second kappa shape index (κ2) is 8.52. The Morgan fingerprint density at radius 2 is 2.00 bits per heavy atom. The van der Waals surface area contributed by atoms with Gasteiger partial charge in [0.2, 0.25) is 0 Å². The highest BCUT2D eigenvalue weighted by molar-refractivity contribution is 6.30. The van der Waals surface area contributed by atoms with Crippen molar-refractivity contribution in [1.82, 2.24) is 10.3 Å². The number of halogens is 1. The molecule has 0 saturated carbocycles. The third kappa shape index (κ3) is 4.34. The van der Waals surface area contributed by atoms with Crippen LogP contribution in [0.1, 0.15) is 41.9 Å². The quantitative estimate of drug-likeness (QED) is 0.842. The third-order valence-corrected chi connectivity index (χ3v) is 5.13. The number of hydrogen-bond donors (Lipinski definition) is 2. The Labute approximate surface area is 159 Å². The van der Waals surface area contributed by atoms with Crippen molar-refractivity contribution in [3.8, 4) is 0 Å². The van der Waals surface area contributed by atoms with Crippen molar-refractivity contribution in [2.24, 2.45) is 5.92 Å². The van der Waals surface area contributed by atoms with Crippen LogP contribution in [0.4, 0.5) is 5.69 Å². The molecule has 1 unspecified atom stereocenters. The summed E-state index contributed by atoms with van der Waals surface area (Å²) in [6, 6.07) is 11.2. The molecule has 0 aliphatic carbocycles. The number of hydrogen-bond acceptors (Lipinski definition) is 4. The lowest BCUT2D eigenvalue weighted by atomic mass is 9.87. The zero-order valence-corrected chi connectivity index (χ0v) is 15.6. The Balaban J connectivity index is 1.62. The standard InChI is InChI=1S/C20H24ClN3O2/c1-2-22-20(26)18-13-17(7-10-23-18)24-11-8-15(9-12-24)19(25)14-3-5-16(21)6-4-14/h3-7,10,13,15,19,25H,2,8-9,11-12H2,1H3,(H,22,26). The minimum absolute atomic E-state index is 0.151. The first-order chi connectivity index (χ1) is 12.6. The highest BCUT2D eigenvalue weighted by Gasteiger charge is 2.26. The first-order valence-corrected chi connectivity index (χ1v) is 9.39. The van der Waals surface area contributed by atoms with Crippen LogP contribution in [-0.4, -0.2) is 35.6 Å². The number of pyridine rings is 1. The van der Waals surface area contributed by atoms with E-state index in [4.69, 9.17) is 11.6 Å². The molecule has 1 aromatic heterocycles. The maximum Gasteiger partial charge on any atom is 0.269 e. The summed E-state index contributed by atoms with van der Waals surface area (Å²) in [7, 11) is 0. The molecule has 2 heterocycles. The molecule has 1 saturated heterocycles. The largest absolute Gasteiger partial charge is 0.388 e. The summed E-state index contributed by atoms with van der Waals surface area (Å²) < 4.78 is 0. The average molecular weight is 374 g/mol. The van der Waals surface area contributed by atoms with Gasteiger partial charge in [-0.05, 0) is 55.5 Å². The fraction of sp³-hybridized carbons (Fsp3) is 0.400. The van der Waals surface area contributed by atoms with Gasteiger partial charge in [-0.1, -0.05) is 23.7 Å². The molecule has 1 aliphatic heterocycles. The summed E-state index contributed by atoms with van der Waals surface area (Å²) in [6.07, 6.45) is 2.98. The molecule has 1 fully saturated rings. The lowest BCUT2D eigenvalue weighted by Gasteiger charge is -2.35. The number of nitrogens with zero attached hydrogens (tertiary/aromatic N) is 2. The number of aliphatic hydroxyl groups is 1. The van der Waals surface area contributed by atoms with Crippen molar-refractivity contribution < 1.29 is 9.90 Å². The Morgan fingerprint density at radius 3 is 2.65 bits per heavy atom. The van der Waals surface area contributed by atoms with Crippen LogP contribution in [-0.2, 0) is 0 Å². The molecule has 1 aliphatic rings. The molecular weight excluding hydrogens is 350 g/mol. The predicted octanol–water partition coefficient (Wildman–Crippen LogP) is 3.43. The van der Waals surface area contributed by atoms with Crippen molar-refractivity contribution in [2.45, 2.75) is 25.9 Å². The van der Waals surface area contributed by atoms with Crippen LogP contribution in [0.2, 0.25) is 5.02 Å². The number of piperidine rings is 1. The SMILES string of the molecule is CCNC(=O)c1cc(N2CCC(C(O)c3ccc(Cl)cc3)CC2)ccn1. The summed E-state index contributed by atoms with van der Waals surface area (Å²) in [6.45, 7) is 4.15. The van der Waals surface area contributed by atoms with Gasteiger partial charge in [0, 0.05) is 36.5 Å². The normalized spacial score (nSPS) is 16.3. The van der Waals surface area contributed by atoms with Crippen LogP contribution in [0, 0.1) is 5.92 Å². The van der Waals surface area contributed by atoms with E-state index in [0.717, 1.165) is 37.2 Å². The van der Waals surface area contributed by atoms with E-state index in [1.165, 1.54) is 0 Å². The van der Waals surface area contributed by atoms with Gasteiger partial charge in [-0.2, -0.15) is 0 Å². The lowest BCUT2D eigenvalue weighted by molar-refractivity contribution is 0.0930. The van der Waals surface area contributed by atoms with Gasteiger partial charge in [-0.25, -0.2) is 0 Å². The van der Waals surface area contributed by atoms with Gasteiger partial charge < -0.3 is 15.3 Å². The first-order valence-electron chi connectivity index (χ1n) is 9.01. The van der Waals surface area contributed by atoms with Crippen LogP contribution in [0.5, 0.6) is 0 Å². The zero-order valence-electron chi connectivity index (χ0n) is 14.9. The number of rotatable bonds is 5. The Morgan fingerprint density at radius 1 is 1.31 bits per heavy atom. The molecule has 6 heteroatoms. The van der Waals surface area contributed by atoms with Gasteiger partial charge in [0.1, 0.15) is 5.69 Å². The fourth-order valence-electron chi connectivity index (χ4n) is 3.40. The number of benzene rings is 1. The van der Waals surface area contributed by atoms with Crippen molar-refractivity contribution in [3.05, 3.63) is 58.9 Å². The molecule has 3 rings (SSSR count). The number of carbonyl (C=O) groups is 1. The minimum Gasteiger partial charge on any atom is -0.388 e. The Kier molecular flexibility index (Phi) is 6.12. The molecule has 138 valence electrons. The highest BCUT2D eigenvalue weighted by Crippen LogP contribution is 2.32. The molecule has 1 amide bonds. The average Bonchev–Trinajstić information content (AvgIpc) is 2.68. The van der Waals surface area contributed by atoms with Crippen LogP contribution >= 0.6 is 11.6 Å². The van der Waals surface area contributed by atoms with Gasteiger partial charge in [0.15, 0.2) is 0 Å². The molecular formula is C20H24ClN3O2. The molecule has 26 heavy (non-hydrogen) atoms. The van der Waals surface area contributed by atoms with Gasteiger partial charge in [0.25, 0.3) is 5.91 Å². The topological polar surface area (TPSA) is 65.5 Å². The number of nitrogens with one attached hydrogen (secondary N) is 1. The second-order valence-electron chi connectivity index (χ2n) is 6.58. The Bertz CT molecular complexity index is 743. The summed E-state index contributed by atoms with van der Waals surface area (Å²) in [5, 5.41) is 14.1. The molecule has 0 spiro atoms. The second-order valence-corrected chi connectivity index (χ2v) is 7.02. The summed E-state index contributed by atoms with van der Waals surface area (Å²) >= 11 is 5.92. The minimum atomic E-state index is -0.474. The van der Waals surface area contributed by atoms with Gasteiger partial charge in [-0.15, -0.1) is 0 Å². The van der Waals surface area contributed by atoms with E-state index in [0.29, 0.717) is 17.3 Å². The number of anilines is 1. The number of aromatic nitrogens is 1. The van der Waals surface area contributed by atoms with Crippen LogP contribution in [0.25, 0.3) is 0 Å². The monoisotopic (exact) mass is 373 g/mol. The number of carbonyl (C=O) groups excluding carboxylic acids is 1. The van der Waals surface area contributed by atoms with E-state index >= 15 is 0 Å². The maximum atomic E-state index is 12.0. The van der Waals surface area contributed by atoms with Crippen molar-refractivity contribution in [2.75, 3.05) is 24.5 Å². The number of aliphatic hydroxyl groups excluding tert-OH is 1.